The summed E-state index contributed by atoms with van der Waals surface area (Å²) in [5.41, 5.74) is 5.73. The van der Waals surface area contributed by atoms with Gasteiger partial charge in [0.15, 0.2) is 0 Å². The van der Waals surface area contributed by atoms with Crippen LogP contribution in [0.4, 0.5) is 8.78 Å². The van der Waals surface area contributed by atoms with Crippen molar-refractivity contribution in [1.29, 1.82) is 0 Å². The highest BCUT2D eigenvalue weighted by molar-refractivity contribution is 6.01. The molecule has 0 N–H and O–H groups in total. The Kier molecular flexibility index (Phi) is 5.81. The summed E-state index contributed by atoms with van der Waals surface area (Å²) in [4.78, 5) is 0. The van der Waals surface area contributed by atoms with Crippen LogP contribution in [0, 0.1) is 25.5 Å². The Hall–Kier alpha value is -4.04. The van der Waals surface area contributed by atoms with E-state index in [0.717, 1.165) is 44.2 Å². The molecule has 0 fully saturated rings. The molecule has 34 heavy (non-hydrogen) atoms. The summed E-state index contributed by atoms with van der Waals surface area (Å²) in [6.45, 7) is 3.94. The van der Waals surface area contributed by atoms with E-state index < -0.39 is 0 Å². The van der Waals surface area contributed by atoms with E-state index in [1.165, 1.54) is 22.9 Å². The van der Waals surface area contributed by atoms with Gasteiger partial charge in [-0.1, -0.05) is 60.7 Å². The average molecular weight is 447 g/mol. The summed E-state index contributed by atoms with van der Waals surface area (Å²) >= 11 is 0. The molecular weight excluding hydrogens is 422 g/mol. The standard InChI is InChI=1S/C32H24F2/c1-21-7-13-31(33)19-23(21)9-11-27-17-29-15-25-5-3-4-6-26(25)16-30(29)18-28(27)12-10-24-20-32(34)14-8-22(24)2/h3-20H,1-2H3. The number of rotatable bonds is 4. The molecule has 0 aromatic heterocycles. The predicted octanol–water partition coefficient (Wildman–Crippen LogP) is 9.23. The quantitative estimate of drug-likeness (QED) is 0.191. The zero-order valence-corrected chi connectivity index (χ0v) is 19.1. The SMILES string of the molecule is Cc1ccc(F)cc1C=Cc1cc2cc3ccccc3cc2cc1C=Cc1cc(F)ccc1C. The van der Waals surface area contributed by atoms with Crippen molar-refractivity contribution in [1.82, 2.24) is 0 Å². The first-order valence-corrected chi connectivity index (χ1v) is 11.3. The van der Waals surface area contributed by atoms with Crippen LogP contribution < -0.4 is 0 Å². The Morgan fingerprint density at radius 3 is 1.29 bits per heavy atom. The summed E-state index contributed by atoms with van der Waals surface area (Å²) < 4.78 is 27.6. The molecule has 0 saturated heterocycles. The third-order valence-corrected chi connectivity index (χ3v) is 6.27. The van der Waals surface area contributed by atoms with Gasteiger partial charge in [-0.05, 0) is 117 Å². The van der Waals surface area contributed by atoms with Gasteiger partial charge in [0, 0.05) is 0 Å². The van der Waals surface area contributed by atoms with Gasteiger partial charge in [-0.2, -0.15) is 0 Å². The molecule has 0 bridgehead atoms. The van der Waals surface area contributed by atoms with E-state index in [1.807, 2.05) is 50.3 Å². The minimum atomic E-state index is -0.253. The Labute approximate surface area is 198 Å². The van der Waals surface area contributed by atoms with E-state index in [-0.39, 0.29) is 11.6 Å². The summed E-state index contributed by atoms with van der Waals surface area (Å²) in [6, 6.07) is 26.6. The van der Waals surface area contributed by atoms with Crippen LogP contribution in [-0.4, -0.2) is 0 Å². The van der Waals surface area contributed by atoms with E-state index >= 15 is 0 Å². The van der Waals surface area contributed by atoms with E-state index in [4.69, 9.17) is 0 Å². The molecule has 0 amide bonds. The second-order valence-electron chi connectivity index (χ2n) is 8.70. The second-order valence-corrected chi connectivity index (χ2v) is 8.70. The van der Waals surface area contributed by atoms with E-state index in [1.54, 1.807) is 24.3 Å². The van der Waals surface area contributed by atoms with Crippen LogP contribution in [0.15, 0.2) is 84.9 Å². The second kappa shape index (κ2) is 9.07. The first kappa shape index (κ1) is 21.8. The van der Waals surface area contributed by atoms with Crippen molar-refractivity contribution in [2.24, 2.45) is 0 Å². The number of hydrogen-bond donors (Lipinski definition) is 0. The van der Waals surface area contributed by atoms with Crippen molar-refractivity contribution in [2.75, 3.05) is 0 Å². The zero-order valence-electron chi connectivity index (χ0n) is 19.1. The molecule has 5 rings (SSSR count). The largest absolute Gasteiger partial charge is 0.207 e. The van der Waals surface area contributed by atoms with Gasteiger partial charge >= 0.3 is 0 Å². The topological polar surface area (TPSA) is 0 Å². The van der Waals surface area contributed by atoms with Crippen molar-refractivity contribution in [2.45, 2.75) is 13.8 Å². The lowest BCUT2D eigenvalue weighted by Crippen LogP contribution is -1.87. The van der Waals surface area contributed by atoms with Crippen LogP contribution >= 0.6 is 0 Å². The van der Waals surface area contributed by atoms with E-state index in [2.05, 4.69) is 36.4 Å². The van der Waals surface area contributed by atoms with Crippen LogP contribution in [0.5, 0.6) is 0 Å². The highest BCUT2D eigenvalue weighted by Gasteiger charge is 2.05. The molecule has 5 aromatic carbocycles. The van der Waals surface area contributed by atoms with Crippen molar-refractivity contribution >= 4 is 45.8 Å². The molecule has 0 nitrogen and oxygen atoms in total. The van der Waals surface area contributed by atoms with E-state index in [0.29, 0.717) is 0 Å². The summed E-state index contributed by atoms with van der Waals surface area (Å²) in [5.74, 6) is -0.506. The molecule has 0 aliphatic carbocycles. The fourth-order valence-electron chi connectivity index (χ4n) is 4.26. The molecule has 5 aromatic rings. The molecule has 0 heterocycles. The van der Waals surface area contributed by atoms with Gasteiger partial charge in [0.2, 0.25) is 0 Å². The minimum absolute atomic E-state index is 0.253. The minimum Gasteiger partial charge on any atom is -0.207 e. The number of hydrogen-bond acceptors (Lipinski definition) is 0. The maximum atomic E-state index is 13.8. The maximum Gasteiger partial charge on any atom is 0.123 e. The summed E-state index contributed by atoms with van der Waals surface area (Å²) in [6.07, 6.45) is 7.94. The Bertz CT molecular complexity index is 1470. The average Bonchev–Trinajstić information content (AvgIpc) is 2.83. The molecule has 2 heteroatoms. The highest BCUT2D eigenvalue weighted by Crippen LogP contribution is 2.29. The molecule has 0 unspecified atom stereocenters. The van der Waals surface area contributed by atoms with E-state index in [9.17, 15) is 8.78 Å². The van der Waals surface area contributed by atoms with Gasteiger partial charge in [0.1, 0.15) is 11.6 Å². The van der Waals surface area contributed by atoms with Crippen molar-refractivity contribution in [3.8, 4) is 0 Å². The summed E-state index contributed by atoms with van der Waals surface area (Å²) in [5, 5.41) is 4.64. The highest BCUT2D eigenvalue weighted by atomic mass is 19.1. The monoisotopic (exact) mass is 446 g/mol. The normalized spacial score (nSPS) is 11.9. The van der Waals surface area contributed by atoms with Gasteiger partial charge in [0.05, 0.1) is 0 Å². The number of benzene rings is 5. The molecule has 0 atom stereocenters. The molecule has 0 radical (unpaired) electrons. The van der Waals surface area contributed by atoms with Gasteiger partial charge < -0.3 is 0 Å². The van der Waals surface area contributed by atoms with Crippen LogP contribution in [0.1, 0.15) is 33.4 Å². The Balaban J connectivity index is 1.66. The van der Waals surface area contributed by atoms with Crippen molar-refractivity contribution in [3.05, 3.63) is 130 Å². The lowest BCUT2D eigenvalue weighted by Gasteiger charge is -2.09. The summed E-state index contributed by atoms with van der Waals surface area (Å²) in [7, 11) is 0. The van der Waals surface area contributed by atoms with Crippen molar-refractivity contribution < 1.29 is 8.78 Å². The molecule has 0 aliphatic heterocycles. The fourth-order valence-corrected chi connectivity index (χ4v) is 4.26. The molecule has 0 saturated carbocycles. The zero-order chi connectivity index (χ0) is 23.7. The van der Waals surface area contributed by atoms with Gasteiger partial charge in [-0.25, -0.2) is 8.78 Å². The van der Waals surface area contributed by atoms with Crippen LogP contribution in [-0.2, 0) is 0 Å². The van der Waals surface area contributed by atoms with Crippen LogP contribution in [0.25, 0.3) is 45.8 Å². The number of halogens is 2. The molecular formula is C32H24F2. The molecule has 0 spiro atoms. The predicted molar refractivity (Wildman–Crippen MR) is 142 cm³/mol. The lowest BCUT2D eigenvalue weighted by molar-refractivity contribution is 0.626. The van der Waals surface area contributed by atoms with Gasteiger partial charge in [-0.15, -0.1) is 0 Å². The molecule has 166 valence electrons. The Morgan fingerprint density at radius 1 is 0.441 bits per heavy atom. The number of aryl methyl sites for hydroxylation is 2. The maximum absolute atomic E-state index is 13.8. The lowest BCUT2D eigenvalue weighted by atomic mass is 9.96. The van der Waals surface area contributed by atoms with Gasteiger partial charge in [-0.3, -0.25) is 0 Å². The first-order valence-electron chi connectivity index (χ1n) is 11.3. The van der Waals surface area contributed by atoms with Crippen LogP contribution in [0.3, 0.4) is 0 Å². The first-order chi connectivity index (χ1) is 16.5. The fraction of sp³-hybridized carbons (Fsp3) is 0.0625. The number of fused-ring (bicyclic) bond motifs is 2. The molecule has 0 aliphatic rings. The van der Waals surface area contributed by atoms with Crippen molar-refractivity contribution in [3.63, 3.8) is 0 Å². The third-order valence-electron chi connectivity index (χ3n) is 6.27. The van der Waals surface area contributed by atoms with Gasteiger partial charge in [0.25, 0.3) is 0 Å². The van der Waals surface area contributed by atoms with Crippen LogP contribution in [0.2, 0.25) is 0 Å². The third kappa shape index (κ3) is 4.53. The Morgan fingerprint density at radius 2 is 0.853 bits per heavy atom. The smallest absolute Gasteiger partial charge is 0.123 e.